The van der Waals surface area contributed by atoms with Crippen molar-refractivity contribution < 1.29 is 14.3 Å². The predicted octanol–water partition coefficient (Wildman–Crippen LogP) is 3.20. The minimum absolute atomic E-state index is 0.143. The molecule has 142 valence electrons. The van der Waals surface area contributed by atoms with Crippen LogP contribution in [0.25, 0.3) is 10.8 Å². The van der Waals surface area contributed by atoms with Gasteiger partial charge in [0.05, 0.1) is 6.21 Å². The Morgan fingerprint density at radius 2 is 1.75 bits per heavy atom. The largest absolute Gasteiger partial charge is 0.485 e. The number of carbonyl (C=O) groups excluding carboxylic acids is 1. The number of hydrazone groups is 1. The number of rotatable bonds is 4. The fourth-order valence-electron chi connectivity index (χ4n) is 2.99. The van der Waals surface area contributed by atoms with Crippen molar-refractivity contribution in [2.75, 3.05) is 25.6 Å². The molecule has 0 saturated heterocycles. The summed E-state index contributed by atoms with van der Waals surface area (Å²) in [7, 11) is 3.97. The van der Waals surface area contributed by atoms with E-state index in [2.05, 4.69) is 10.5 Å². The van der Waals surface area contributed by atoms with Crippen LogP contribution in [0.5, 0.6) is 11.5 Å². The lowest BCUT2D eigenvalue weighted by Crippen LogP contribution is -2.42. The maximum atomic E-state index is 12.4. The SMILES string of the molecule is CN(C)c1ccc(/C=N/NC(=O)C2COc3cc4ccccc4cc3O2)cc1. The van der Waals surface area contributed by atoms with Gasteiger partial charge in [-0.25, -0.2) is 5.43 Å². The van der Waals surface area contributed by atoms with Gasteiger partial charge in [0.2, 0.25) is 6.10 Å². The van der Waals surface area contributed by atoms with Gasteiger partial charge in [0, 0.05) is 19.8 Å². The molecule has 0 aromatic heterocycles. The molecule has 0 bridgehead atoms. The van der Waals surface area contributed by atoms with Crippen LogP contribution in [0.2, 0.25) is 0 Å². The molecule has 28 heavy (non-hydrogen) atoms. The summed E-state index contributed by atoms with van der Waals surface area (Å²) in [6.07, 6.45) is 0.851. The number of nitrogens with one attached hydrogen (secondary N) is 1. The van der Waals surface area contributed by atoms with Crippen molar-refractivity contribution in [2.45, 2.75) is 6.10 Å². The van der Waals surface area contributed by atoms with E-state index in [0.29, 0.717) is 11.5 Å². The van der Waals surface area contributed by atoms with Crippen molar-refractivity contribution in [3.63, 3.8) is 0 Å². The number of ether oxygens (including phenoxy) is 2. The number of nitrogens with zero attached hydrogens (tertiary/aromatic N) is 2. The molecule has 1 aliphatic rings. The van der Waals surface area contributed by atoms with E-state index in [9.17, 15) is 4.79 Å². The van der Waals surface area contributed by atoms with E-state index in [0.717, 1.165) is 22.0 Å². The summed E-state index contributed by atoms with van der Waals surface area (Å²) < 4.78 is 11.6. The van der Waals surface area contributed by atoms with E-state index in [1.165, 1.54) is 0 Å². The Labute approximate surface area is 163 Å². The number of amides is 1. The van der Waals surface area contributed by atoms with Crippen LogP contribution >= 0.6 is 0 Å². The molecule has 0 spiro atoms. The molecule has 0 saturated carbocycles. The van der Waals surface area contributed by atoms with Crippen molar-refractivity contribution >= 4 is 28.6 Å². The molecule has 1 aliphatic heterocycles. The van der Waals surface area contributed by atoms with Gasteiger partial charge in [-0.05, 0) is 40.6 Å². The predicted molar refractivity (Wildman–Crippen MR) is 110 cm³/mol. The maximum absolute atomic E-state index is 12.4. The standard InChI is InChI=1S/C22H21N3O3/c1-25(2)18-9-7-15(8-10-18)13-23-24-22(26)21-14-27-19-11-16-5-3-4-6-17(16)12-20(19)28-21/h3-13,21H,14H2,1-2H3,(H,24,26)/b23-13+. The van der Waals surface area contributed by atoms with E-state index >= 15 is 0 Å². The second kappa shape index (κ2) is 7.60. The molecule has 3 aromatic carbocycles. The lowest BCUT2D eigenvalue weighted by Gasteiger charge is -2.25. The highest BCUT2D eigenvalue weighted by atomic mass is 16.6. The van der Waals surface area contributed by atoms with Crippen LogP contribution < -0.4 is 19.8 Å². The van der Waals surface area contributed by atoms with E-state index in [-0.39, 0.29) is 12.5 Å². The topological polar surface area (TPSA) is 63.2 Å². The van der Waals surface area contributed by atoms with Gasteiger partial charge in [0.15, 0.2) is 11.5 Å². The minimum atomic E-state index is -0.748. The molecule has 3 aromatic rings. The number of carbonyl (C=O) groups is 1. The Morgan fingerprint density at radius 3 is 2.43 bits per heavy atom. The zero-order valence-corrected chi connectivity index (χ0v) is 15.8. The smallest absolute Gasteiger partial charge is 0.284 e. The third-order valence-corrected chi connectivity index (χ3v) is 4.56. The fourth-order valence-corrected chi connectivity index (χ4v) is 2.99. The minimum Gasteiger partial charge on any atom is -0.485 e. The van der Waals surface area contributed by atoms with Gasteiger partial charge < -0.3 is 14.4 Å². The summed E-state index contributed by atoms with van der Waals surface area (Å²) in [5.41, 5.74) is 4.51. The molecule has 0 fully saturated rings. The molecule has 6 nitrogen and oxygen atoms in total. The van der Waals surface area contributed by atoms with Crippen LogP contribution in [-0.4, -0.2) is 38.9 Å². The first-order valence-corrected chi connectivity index (χ1v) is 9.03. The molecular formula is C22H21N3O3. The van der Waals surface area contributed by atoms with Gasteiger partial charge in [-0.1, -0.05) is 36.4 Å². The highest BCUT2D eigenvalue weighted by Crippen LogP contribution is 2.35. The summed E-state index contributed by atoms with van der Waals surface area (Å²) in [4.78, 5) is 14.4. The lowest BCUT2D eigenvalue weighted by molar-refractivity contribution is -0.130. The van der Waals surface area contributed by atoms with Gasteiger partial charge in [0.25, 0.3) is 5.91 Å². The molecule has 1 amide bonds. The average molecular weight is 375 g/mol. The third-order valence-electron chi connectivity index (χ3n) is 4.56. The second-order valence-electron chi connectivity index (χ2n) is 6.78. The number of hydrogen-bond donors (Lipinski definition) is 1. The Morgan fingerprint density at radius 1 is 1.07 bits per heavy atom. The van der Waals surface area contributed by atoms with Crippen LogP contribution in [0.1, 0.15) is 5.56 Å². The van der Waals surface area contributed by atoms with Crippen molar-refractivity contribution in [1.29, 1.82) is 0 Å². The first-order chi connectivity index (χ1) is 13.6. The Bertz CT molecular complexity index is 1030. The lowest BCUT2D eigenvalue weighted by atomic mass is 10.1. The molecular weight excluding hydrogens is 354 g/mol. The van der Waals surface area contributed by atoms with Gasteiger partial charge in [0.1, 0.15) is 6.61 Å². The van der Waals surface area contributed by atoms with Crippen LogP contribution in [0.15, 0.2) is 65.8 Å². The second-order valence-corrected chi connectivity index (χ2v) is 6.78. The molecule has 4 rings (SSSR count). The van der Waals surface area contributed by atoms with E-state index in [4.69, 9.17) is 9.47 Å². The molecule has 1 heterocycles. The number of benzene rings is 3. The number of fused-ring (bicyclic) bond motifs is 2. The molecule has 0 aliphatic carbocycles. The first kappa shape index (κ1) is 17.9. The number of anilines is 1. The Hall–Kier alpha value is -3.54. The van der Waals surface area contributed by atoms with Crippen molar-refractivity contribution in [2.24, 2.45) is 5.10 Å². The molecule has 1 N–H and O–H groups in total. The maximum Gasteiger partial charge on any atom is 0.284 e. The summed E-state index contributed by atoms with van der Waals surface area (Å²) >= 11 is 0. The van der Waals surface area contributed by atoms with Gasteiger partial charge in [-0.3, -0.25) is 4.79 Å². The van der Waals surface area contributed by atoms with Crippen molar-refractivity contribution in [3.8, 4) is 11.5 Å². The van der Waals surface area contributed by atoms with Crippen LogP contribution in [0, 0.1) is 0 Å². The average Bonchev–Trinajstić information content (AvgIpc) is 2.72. The van der Waals surface area contributed by atoms with E-state index in [1.807, 2.05) is 79.7 Å². The quantitative estimate of drug-likeness (QED) is 0.562. The highest BCUT2D eigenvalue weighted by Gasteiger charge is 2.27. The van der Waals surface area contributed by atoms with Crippen LogP contribution in [-0.2, 0) is 4.79 Å². The fraction of sp³-hybridized carbons (Fsp3) is 0.182. The van der Waals surface area contributed by atoms with Crippen LogP contribution in [0.3, 0.4) is 0 Å². The Balaban J connectivity index is 1.40. The zero-order valence-electron chi connectivity index (χ0n) is 15.8. The highest BCUT2D eigenvalue weighted by molar-refractivity contribution is 5.88. The van der Waals surface area contributed by atoms with Gasteiger partial charge in [-0.15, -0.1) is 0 Å². The van der Waals surface area contributed by atoms with Crippen LogP contribution in [0.4, 0.5) is 5.69 Å². The molecule has 0 radical (unpaired) electrons. The van der Waals surface area contributed by atoms with Gasteiger partial charge in [-0.2, -0.15) is 5.10 Å². The van der Waals surface area contributed by atoms with Crippen molar-refractivity contribution in [1.82, 2.24) is 5.43 Å². The summed E-state index contributed by atoms with van der Waals surface area (Å²) in [5.74, 6) is 0.862. The molecule has 1 atom stereocenters. The summed E-state index contributed by atoms with van der Waals surface area (Å²) in [6.45, 7) is 0.143. The van der Waals surface area contributed by atoms with Gasteiger partial charge >= 0.3 is 0 Å². The van der Waals surface area contributed by atoms with Crippen molar-refractivity contribution in [3.05, 3.63) is 66.2 Å². The monoisotopic (exact) mass is 375 g/mol. The normalized spacial score (nSPS) is 15.6. The zero-order chi connectivity index (χ0) is 19.5. The Kier molecular flexibility index (Phi) is 4.85. The number of hydrogen-bond acceptors (Lipinski definition) is 5. The van der Waals surface area contributed by atoms with E-state index < -0.39 is 6.10 Å². The van der Waals surface area contributed by atoms with E-state index in [1.54, 1.807) is 6.21 Å². The third kappa shape index (κ3) is 3.76. The molecule has 1 unspecified atom stereocenters. The summed E-state index contributed by atoms with van der Waals surface area (Å²) in [6, 6.07) is 19.6. The molecule has 6 heteroatoms. The summed E-state index contributed by atoms with van der Waals surface area (Å²) in [5, 5.41) is 6.12. The first-order valence-electron chi connectivity index (χ1n) is 9.03.